The molecule has 0 amide bonds. The van der Waals surface area contributed by atoms with E-state index in [1.54, 1.807) is 0 Å². The van der Waals surface area contributed by atoms with Gasteiger partial charge >= 0.3 is 7.75 Å². The minimum absolute atomic E-state index is 0.261. The Morgan fingerprint density at radius 1 is 1.00 bits per heavy atom. The van der Waals surface area contributed by atoms with Gasteiger partial charge < -0.3 is 4.52 Å². The molecule has 0 bridgehead atoms. The van der Waals surface area contributed by atoms with E-state index in [2.05, 4.69) is 12.1 Å². The Bertz CT molecular complexity index is 737. The molecule has 132 valence electrons. The van der Waals surface area contributed by atoms with E-state index < -0.39 is 7.75 Å². The zero-order chi connectivity index (χ0) is 17.1. The lowest BCUT2D eigenvalue weighted by atomic mass is 9.85. The van der Waals surface area contributed by atoms with Gasteiger partial charge in [0, 0.05) is 12.6 Å². The van der Waals surface area contributed by atoms with E-state index in [9.17, 15) is 4.57 Å². The van der Waals surface area contributed by atoms with Crippen LogP contribution in [-0.2, 0) is 15.6 Å². The van der Waals surface area contributed by atoms with Gasteiger partial charge in [-0.25, -0.2) is 4.57 Å². The number of hydrogen-bond acceptors (Lipinski definition) is 3. The molecule has 1 unspecified atom stereocenters. The van der Waals surface area contributed by atoms with Gasteiger partial charge in [-0.05, 0) is 36.5 Å². The van der Waals surface area contributed by atoms with Crippen LogP contribution in [0.1, 0.15) is 31.2 Å². The van der Waals surface area contributed by atoms with Crippen molar-refractivity contribution in [1.29, 1.82) is 0 Å². The van der Waals surface area contributed by atoms with E-state index in [4.69, 9.17) is 9.05 Å². The minimum Gasteiger partial charge on any atom is -0.413 e. The predicted octanol–water partition coefficient (Wildman–Crippen LogP) is 5.26. The molecule has 4 nitrogen and oxygen atoms in total. The molecule has 1 saturated heterocycles. The summed E-state index contributed by atoms with van der Waals surface area (Å²) < 4.78 is 27.5. The molecule has 2 aromatic rings. The van der Waals surface area contributed by atoms with E-state index in [0.717, 1.165) is 18.4 Å². The number of rotatable bonds is 4. The zero-order valence-corrected chi connectivity index (χ0v) is 15.2. The molecular weight excluding hydrogens is 333 g/mol. The predicted molar refractivity (Wildman–Crippen MR) is 98.4 cm³/mol. The second-order valence-corrected chi connectivity index (χ2v) is 8.76. The molecule has 0 aromatic heterocycles. The second-order valence-electron chi connectivity index (χ2n) is 6.86. The first kappa shape index (κ1) is 16.8. The largest absolute Gasteiger partial charge is 0.461 e. The van der Waals surface area contributed by atoms with Crippen molar-refractivity contribution in [1.82, 2.24) is 4.67 Å². The van der Waals surface area contributed by atoms with Crippen LogP contribution < -0.4 is 4.52 Å². The molecule has 0 spiro atoms. The highest BCUT2D eigenvalue weighted by molar-refractivity contribution is 7.51. The highest BCUT2D eigenvalue weighted by Crippen LogP contribution is 2.59. The summed E-state index contributed by atoms with van der Waals surface area (Å²) in [4.78, 5) is 0. The highest BCUT2D eigenvalue weighted by Gasteiger charge is 2.48. The molecular formula is C20H24NO3P. The van der Waals surface area contributed by atoms with Gasteiger partial charge in [-0.15, -0.1) is 0 Å². The van der Waals surface area contributed by atoms with Crippen molar-refractivity contribution in [2.24, 2.45) is 5.92 Å². The van der Waals surface area contributed by atoms with Gasteiger partial charge in [-0.1, -0.05) is 61.4 Å². The third kappa shape index (κ3) is 3.67. The molecule has 1 heterocycles. The molecule has 1 aliphatic carbocycles. The summed E-state index contributed by atoms with van der Waals surface area (Å²) >= 11 is 0. The maximum atomic E-state index is 13.7. The zero-order valence-electron chi connectivity index (χ0n) is 14.3. The summed E-state index contributed by atoms with van der Waals surface area (Å²) in [5.41, 5.74) is 1.13. The first-order valence-corrected chi connectivity index (χ1v) is 10.5. The summed E-state index contributed by atoms with van der Waals surface area (Å²) in [6.07, 6.45) is 4.61. The summed E-state index contributed by atoms with van der Waals surface area (Å²) in [6, 6.07) is 19.8. The van der Waals surface area contributed by atoms with Crippen molar-refractivity contribution in [2.75, 3.05) is 6.61 Å². The molecule has 25 heavy (non-hydrogen) atoms. The van der Waals surface area contributed by atoms with Gasteiger partial charge in [-0.3, -0.25) is 4.52 Å². The maximum Gasteiger partial charge on any atom is 0.461 e. The van der Waals surface area contributed by atoms with Crippen LogP contribution in [-0.4, -0.2) is 17.3 Å². The Hall–Kier alpha value is -1.61. The van der Waals surface area contributed by atoms with E-state index in [1.807, 2.05) is 53.2 Å². The Kier molecular flexibility index (Phi) is 4.93. The van der Waals surface area contributed by atoms with Crippen molar-refractivity contribution >= 4 is 7.75 Å². The highest BCUT2D eigenvalue weighted by atomic mass is 31.2. The number of fused-ring (bicyclic) bond motifs is 1. The first-order valence-electron chi connectivity index (χ1n) is 9.05. The van der Waals surface area contributed by atoms with Crippen LogP contribution in [0.5, 0.6) is 5.75 Å². The van der Waals surface area contributed by atoms with Crippen molar-refractivity contribution in [2.45, 2.75) is 38.3 Å². The molecule has 1 saturated carbocycles. The first-order chi connectivity index (χ1) is 12.2. The molecule has 2 aromatic carbocycles. The standard InChI is InChI=1S/C20H24NO3P/c22-25(24-19-12-5-2-6-13-19)21(15-17-9-3-1-4-10-17)20-14-8-7-11-18(20)16-23-25/h1-6,9-10,12-13,18,20H,7-8,11,14-16H2/t18-,20+,25?/m0/s1. The molecule has 1 aliphatic heterocycles. The van der Waals surface area contributed by atoms with Crippen molar-refractivity contribution in [3.63, 3.8) is 0 Å². The fraction of sp³-hybridized carbons (Fsp3) is 0.400. The van der Waals surface area contributed by atoms with E-state index in [-0.39, 0.29) is 6.04 Å². The van der Waals surface area contributed by atoms with Gasteiger partial charge in [0.2, 0.25) is 0 Å². The Balaban J connectivity index is 1.64. The molecule has 0 N–H and O–H groups in total. The summed E-state index contributed by atoms with van der Waals surface area (Å²) in [5, 5.41) is 0. The fourth-order valence-corrected chi connectivity index (χ4v) is 5.97. The lowest BCUT2D eigenvalue weighted by molar-refractivity contribution is 0.0429. The monoisotopic (exact) mass is 357 g/mol. The average molecular weight is 357 g/mol. The van der Waals surface area contributed by atoms with Crippen molar-refractivity contribution < 1.29 is 13.6 Å². The minimum atomic E-state index is -3.37. The van der Waals surface area contributed by atoms with E-state index in [0.29, 0.717) is 24.8 Å². The molecule has 2 fully saturated rings. The lowest BCUT2D eigenvalue weighted by Crippen LogP contribution is -2.47. The van der Waals surface area contributed by atoms with Crippen LogP contribution in [0.3, 0.4) is 0 Å². The third-order valence-electron chi connectivity index (χ3n) is 5.17. The number of nitrogens with zero attached hydrogens (tertiary/aromatic N) is 1. The summed E-state index contributed by atoms with van der Waals surface area (Å²) in [5.74, 6) is 1.04. The Morgan fingerprint density at radius 2 is 1.68 bits per heavy atom. The second kappa shape index (κ2) is 7.33. The lowest BCUT2D eigenvalue weighted by Gasteiger charge is -2.46. The smallest absolute Gasteiger partial charge is 0.413 e. The number of para-hydroxylation sites is 1. The summed E-state index contributed by atoms with van der Waals surface area (Å²) in [6.45, 7) is 1.12. The van der Waals surface area contributed by atoms with Crippen LogP contribution in [0.15, 0.2) is 60.7 Å². The quantitative estimate of drug-likeness (QED) is 0.699. The van der Waals surface area contributed by atoms with E-state index >= 15 is 0 Å². The maximum absolute atomic E-state index is 13.7. The van der Waals surface area contributed by atoms with Crippen LogP contribution in [0.25, 0.3) is 0 Å². The summed E-state index contributed by atoms with van der Waals surface area (Å²) in [7, 11) is -3.37. The van der Waals surface area contributed by atoms with Gasteiger partial charge in [0.25, 0.3) is 0 Å². The van der Waals surface area contributed by atoms with Crippen molar-refractivity contribution in [3.05, 3.63) is 66.2 Å². The average Bonchev–Trinajstić information content (AvgIpc) is 2.66. The van der Waals surface area contributed by atoms with Crippen LogP contribution in [0.2, 0.25) is 0 Å². The van der Waals surface area contributed by atoms with Crippen molar-refractivity contribution in [3.8, 4) is 5.75 Å². The molecule has 5 heteroatoms. The van der Waals surface area contributed by atoms with Gasteiger partial charge in [0.05, 0.1) is 6.61 Å². The molecule has 4 rings (SSSR count). The van der Waals surface area contributed by atoms with Crippen LogP contribution in [0, 0.1) is 5.92 Å². The molecule has 0 radical (unpaired) electrons. The van der Waals surface area contributed by atoms with Crippen LogP contribution >= 0.6 is 7.75 Å². The van der Waals surface area contributed by atoms with Crippen LogP contribution in [0.4, 0.5) is 0 Å². The van der Waals surface area contributed by atoms with Gasteiger partial charge in [0.15, 0.2) is 0 Å². The Morgan fingerprint density at radius 3 is 2.44 bits per heavy atom. The molecule has 3 atom stereocenters. The fourth-order valence-electron chi connectivity index (χ4n) is 3.89. The number of benzene rings is 2. The normalized spacial score (nSPS) is 29.8. The topological polar surface area (TPSA) is 38.8 Å². The van der Waals surface area contributed by atoms with E-state index in [1.165, 1.54) is 12.8 Å². The third-order valence-corrected chi connectivity index (χ3v) is 7.15. The number of hydrogen-bond donors (Lipinski definition) is 0. The van der Waals surface area contributed by atoms with Gasteiger partial charge in [-0.2, -0.15) is 4.67 Å². The SMILES string of the molecule is O=P1(Oc2ccccc2)OC[C@@H]2CCCC[C@H]2N1Cc1ccccc1. The van der Waals surface area contributed by atoms with Gasteiger partial charge in [0.1, 0.15) is 5.75 Å². The Labute approximate surface area is 149 Å². The molecule has 2 aliphatic rings.